The average Bonchev–Trinajstić information content (AvgIpc) is 2.87. The number of carbonyl (C=O) groups is 1. The van der Waals surface area contributed by atoms with Crippen LogP contribution in [0, 0.1) is 0 Å². The second-order valence-corrected chi connectivity index (χ2v) is 6.99. The molecule has 2 rings (SSSR count). The third-order valence-corrected chi connectivity index (χ3v) is 4.27. The molecular formula is C15H17BrN2OS. The lowest BCUT2D eigenvalue weighted by molar-refractivity contribution is 0.102. The molecule has 5 heteroatoms. The van der Waals surface area contributed by atoms with Gasteiger partial charge in [0.25, 0.3) is 5.91 Å². The molecule has 0 saturated heterocycles. The predicted octanol–water partition coefficient (Wildman–Crippen LogP) is 4.59. The van der Waals surface area contributed by atoms with Gasteiger partial charge in [-0.25, -0.2) is 4.98 Å². The van der Waals surface area contributed by atoms with Gasteiger partial charge >= 0.3 is 0 Å². The number of nitrogens with zero attached hydrogens (tertiary/aromatic N) is 1. The minimum absolute atomic E-state index is 0.00297. The SMILES string of the molecule is CC(C)(C)c1csc(NC(=O)c2ccc(CBr)cc2)n1. The van der Waals surface area contributed by atoms with Crippen molar-refractivity contribution in [2.75, 3.05) is 5.32 Å². The molecule has 1 aromatic heterocycles. The number of alkyl halides is 1. The second kappa shape index (κ2) is 6.06. The zero-order valence-electron chi connectivity index (χ0n) is 11.7. The van der Waals surface area contributed by atoms with E-state index in [9.17, 15) is 4.79 Å². The summed E-state index contributed by atoms with van der Waals surface area (Å²) in [6.07, 6.45) is 0. The first kappa shape index (κ1) is 15.2. The van der Waals surface area contributed by atoms with Gasteiger partial charge in [-0.15, -0.1) is 11.3 Å². The van der Waals surface area contributed by atoms with Crippen LogP contribution in [-0.2, 0) is 10.7 Å². The van der Waals surface area contributed by atoms with Gasteiger partial charge in [0.1, 0.15) is 0 Å². The van der Waals surface area contributed by atoms with E-state index in [1.165, 1.54) is 11.3 Å². The maximum absolute atomic E-state index is 12.1. The Morgan fingerprint density at radius 1 is 1.30 bits per heavy atom. The van der Waals surface area contributed by atoms with Crippen LogP contribution in [0.3, 0.4) is 0 Å². The maximum atomic E-state index is 12.1. The number of anilines is 1. The lowest BCUT2D eigenvalue weighted by Gasteiger charge is -2.14. The van der Waals surface area contributed by atoms with E-state index in [-0.39, 0.29) is 11.3 Å². The number of amides is 1. The highest BCUT2D eigenvalue weighted by molar-refractivity contribution is 9.08. The number of carbonyl (C=O) groups excluding carboxylic acids is 1. The van der Waals surface area contributed by atoms with Gasteiger partial charge in [0.05, 0.1) is 5.69 Å². The summed E-state index contributed by atoms with van der Waals surface area (Å²) in [5.41, 5.74) is 2.78. The Bertz CT molecular complexity index is 599. The topological polar surface area (TPSA) is 42.0 Å². The molecule has 3 nitrogen and oxygen atoms in total. The Morgan fingerprint density at radius 3 is 2.45 bits per heavy atom. The molecule has 0 unspecified atom stereocenters. The number of thiazole rings is 1. The minimum atomic E-state index is -0.124. The molecule has 0 aliphatic heterocycles. The Hall–Kier alpha value is -1.20. The number of rotatable bonds is 3. The van der Waals surface area contributed by atoms with Gasteiger partial charge in [0.15, 0.2) is 5.13 Å². The first-order chi connectivity index (χ1) is 9.40. The van der Waals surface area contributed by atoms with Crippen molar-refractivity contribution >= 4 is 38.3 Å². The van der Waals surface area contributed by atoms with Crippen molar-refractivity contribution in [1.82, 2.24) is 4.98 Å². The molecule has 1 amide bonds. The summed E-state index contributed by atoms with van der Waals surface area (Å²) in [6.45, 7) is 6.31. The lowest BCUT2D eigenvalue weighted by Crippen LogP contribution is -2.14. The van der Waals surface area contributed by atoms with Gasteiger partial charge in [-0.05, 0) is 17.7 Å². The molecular weight excluding hydrogens is 336 g/mol. The normalized spacial score (nSPS) is 11.4. The van der Waals surface area contributed by atoms with Crippen LogP contribution >= 0.6 is 27.3 Å². The zero-order valence-corrected chi connectivity index (χ0v) is 14.1. The van der Waals surface area contributed by atoms with Gasteiger partial charge in [0, 0.05) is 21.7 Å². The molecule has 2 aromatic rings. The molecule has 1 aromatic carbocycles. The molecule has 0 aliphatic rings. The Balaban J connectivity index is 2.09. The highest BCUT2D eigenvalue weighted by atomic mass is 79.9. The summed E-state index contributed by atoms with van der Waals surface area (Å²) in [5.74, 6) is -0.124. The number of nitrogens with one attached hydrogen (secondary N) is 1. The molecule has 0 spiro atoms. The number of halogens is 1. The van der Waals surface area contributed by atoms with Crippen LogP contribution in [0.2, 0.25) is 0 Å². The molecule has 0 fully saturated rings. The van der Waals surface area contributed by atoms with Gasteiger partial charge < -0.3 is 0 Å². The monoisotopic (exact) mass is 352 g/mol. The van der Waals surface area contributed by atoms with Gasteiger partial charge in [-0.1, -0.05) is 48.8 Å². The molecule has 1 heterocycles. The van der Waals surface area contributed by atoms with E-state index >= 15 is 0 Å². The van der Waals surface area contributed by atoms with Gasteiger partial charge in [0.2, 0.25) is 0 Å². The summed E-state index contributed by atoms with van der Waals surface area (Å²) >= 11 is 4.84. The van der Waals surface area contributed by atoms with Crippen molar-refractivity contribution in [2.24, 2.45) is 0 Å². The highest BCUT2D eigenvalue weighted by Crippen LogP contribution is 2.26. The molecule has 0 radical (unpaired) electrons. The van der Waals surface area contributed by atoms with Crippen molar-refractivity contribution in [1.29, 1.82) is 0 Å². The fourth-order valence-corrected chi connectivity index (χ4v) is 2.90. The molecule has 0 bridgehead atoms. The fourth-order valence-electron chi connectivity index (χ4n) is 1.59. The predicted molar refractivity (Wildman–Crippen MR) is 87.8 cm³/mol. The molecule has 0 saturated carbocycles. The van der Waals surface area contributed by atoms with E-state index < -0.39 is 0 Å². The standard InChI is InChI=1S/C15H17BrN2OS/c1-15(2,3)12-9-20-14(17-12)18-13(19)11-6-4-10(8-16)5-7-11/h4-7,9H,8H2,1-3H3,(H,17,18,19). The van der Waals surface area contributed by atoms with Crippen molar-refractivity contribution in [3.63, 3.8) is 0 Å². The van der Waals surface area contributed by atoms with E-state index in [4.69, 9.17) is 0 Å². The van der Waals surface area contributed by atoms with Crippen LogP contribution in [0.4, 0.5) is 5.13 Å². The Kier molecular flexibility index (Phi) is 4.60. The quantitative estimate of drug-likeness (QED) is 0.820. The number of aromatic nitrogens is 1. The van der Waals surface area contributed by atoms with E-state index in [1.54, 1.807) is 0 Å². The summed E-state index contributed by atoms with van der Waals surface area (Å²) in [5, 5.41) is 6.27. The van der Waals surface area contributed by atoms with E-state index in [1.807, 2.05) is 29.6 Å². The first-order valence-corrected chi connectivity index (χ1v) is 8.32. The Morgan fingerprint density at radius 2 is 1.95 bits per heavy atom. The largest absolute Gasteiger partial charge is 0.298 e. The highest BCUT2D eigenvalue weighted by Gasteiger charge is 2.18. The third kappa shape index (κ3) is 3.67. The van der Waals surface area contributed by atoms with E-state index in [2.05, 4.69) is 47.0 Å². The number of benzene rings is 1. The van der Waals surface area contributed by atoms with E-state index in [0.29, 0.717) is 10.7 Å². The van der Waals surface area contributed by atoms with Crippen molar-refractivity contribution in [3.8, 4) is 0 Å². The summed E-state index contributed by atoms with van der Waals surface area (Å²) in [4.78, 5) is 16.6. The molecule has 20 heavy (non-hydrogen) atoms. The van der Waals surface area contributed by atoms with Crippen molar-refractivity contribution < 1.29 is 4.79 Å². The smallest absolute Gasteiger partial charge is 0.257 e. The summed E-state index contributed by atoms with van der Waals surface area (Å²) in [6, 6.07) is 7.52. The molecule has 0 aliphatic carbocycles. The van der Waals surface area contributed by atoms with Crippen LogP contribution in [0.15, 0.2) is 29.6 Å². The molecule has 106 valence electrons. The second-order valence-electron chi connectivity index (χ2n) is 5.57. The van der Waals surface area contributed by atoms with Crippen LogP contribution < -0.4 is 5.32 Å². The van der Waals surface area contributed by atoms with Crippen LogP contribution in [-0.4, -0.2) is 10.9 Å². The van der Waals surface area contributed by atoms with Crippen LogP contribution in [0.1, 0.15) is 42.4 Å². The number of hydrogen-bond acceptors (Lipinski definition) is 3. The summed E-state index contributed by atoms with van der Waals surface area (Å²) in [7, 11) is 0. The van der Waals surface area contributed by atoms with Gasteiger partial charge in [-0.2, -0.15) is 0 Å². The van der Waals surface area contributed by atoms with E-state index in [0.717, 1.165) is 16.6 Å². The Labute approximate surface area is 131 Å². The molecule has 1 N–H and O–H groups in total. The van der Waals surface area contributed by atoms with Gasteiger partial charge in [-0.3, -0.25) is 10.1 Å². The minimum Gasteiger partial charge on any atom is -0.298 e. The van der Waals surface area contributed by atoms with Crippen LogP contribution in [0.25, 0.3) is 0 Å². The number of hydrogen-bond donors (Lipinski definition) is 1. The molecule has 0 atom stereocenters. The lowest BCUT2D eigenvalue weighted by atomic mass is 9.93. The van der Waals surface area contributed by atoms with Crippen molar-refractivity contribution in [3.05, 3.63) is 46.5 Å². The maximum Gasteiger partial charge on any atom is 0.257 e. The summed E-state index contributed by atoms with van der Waals surface area (Å²) < 4.78 is 0. The fraction of sp³-hybridized carbons (Fsp3) is 0.333. The third-order valence-electron chi connectivity index (χ3n) is 2.86. The zero-order chi connectivity index (χ0) is 14.8. The first-order valence-electron chi connectivity index (χ1n) is 6.32. The van der Waals surface area contributed by atoms with Crippen molar-refractivity contribution in [2.45, 2.75) is 31.5 Å². The average molecular weight is 353 g/mol. The van der Waals surface area contributed by atoms with Crippen LogP contribution in [0.5, 0.6) is 0 Å².